The lowest BCUT2D eigenvalue weighted by Crippen LogP contribution is -2.41. The molecule has 0 amide bonds. The van der Waals surface area contributed by atoms with Gasteiger partial charge in [-0.25, -0.2) is 8.42 Å². The van der Waals surface area contributed by atoms with Crippen molar-refractivity contribution in [1.29, 1.82) is 0 Å². The van der Waals surface area contributed by atoms with E-state index >= 15 is 0 Å². The van der Waals surface area contributed by atoms with Crippen LogP contribution in [0.4, 0.5) is 0 Å². The third kappa shape index (κ3) is 2.69. The highest BCUT2D eigenvalue weighted by Crippen LogP contribution is 2.30. The van der Waals surface area contributed by atoms with Crippen molar-refractivity contribution < 1.29 is 18.3 Å². The molecule has 0 bridgehead atoms. The van der Waals surface area contributed by atoms with Gasteiger partial charge in [-0.05, 0) is 11.1 Å². The van der Waals surface area contributed by atoms with Crippen molar-refractivity contribution in [2.24, 2.45) is 0 Å². The van der Waals surface area contributed by atoms with E-state index in [1.54, 1.807) is 24.3 Å². The fourth-order valence-electron chi connectivity index (χ4n) is 2.25. The van der Waals surface area contributed by atoms with Gasteiger partial charge >= 0.3 is 5.97 Å². The largest absolute Gasteiger partial charge is 0.481 e. The predicted molar refractivity (Wildman–Crippen MR) is 71.2 cm³/mol. The first-order chi connectivity index (χ1) is 8.95. The highest BCUT2D eigenvalue weighted by atomic mass is 32.2. The van der Waals surface area contributed by atoms with Crippen LogP contribution in [0.5, 0.6) is 0 Å². The van der Waals surface area contributed by atoms with Gasteiger partial charge in [0, 0.05) is 13.1 Å². The summed E-state index contributed by atoms with van der Waals surface area (Å²) in [5.74, 6) is -2.00. The van der Waals surface area contributed by atoms with E-state index in [0.29, 0.717) is 5.56 Å². The minimum Gasteiger partial charge on any atom is -0.481 e. The van der Waals surface area contributed by atoms with Crippen molar-refractivity contribution in [3.05, 3.63) is 48.0 Å². The van der Waals surface area contributed by atoms with E-state index in [9.17, 15) is 18.3 Å². The van der Waals surface area contributed by atoms with Crippen molar-refractivity contribution >= 4 is 16.0 Å². The number of benzene rings is 1. The molecule has 0 saturated carbocycles. The standard InChI is InChI=1S/C13H15NO4S/c1-2-7-19(17,18)14-8-10-5-3-4-6-11(10)12(9-14)13(15)16/h2-6,12H,1,7-9H2,(H,15,16). The molecule has 5 nitrogen and oxygen atoms in total. The Morgan fingerprint density at radius 3 is 2.79 bits per heavy atom. The van der Waals surface area contributed by atoms with Crippen LogP contribution in [0.15, 0.2) is 36.9 Å². The molecule has 102 valence electrons. The van der Waals surface area contributed by atoms with Gasteiger partial charge in [-0.15, -0.1) is 6.58 Å². The van der Waals surface area contributed by atoms with Crippen molar-refractivity contribution in [2.75, 3.05) is 12.3 Å². The number of nitrogens with zero attached hydrogens (tertiary/aromatic N) is 1. The number of carbonyl (C=O) groups is 1. The van der Waals surface area contributed by atoms with Crippen molar-refractivity contribution in [3.8, 4) is 0 Å². The maximum Gasteiger partial charge on any atom is 0.312 e. The number of hydrogen-bond acceptors (Lipinski definition) is 3. The van der Waals surface area contributed by atoms with E-state index in [0.717, 1.165) is 5.56 Å². The molecule has 1 atom stereocenters. The smallest absolute Gasteiger partial charge is 0.312 e. The molecule has 1 N–H and O–H groups in total. The normalized spacial score (nSPS) is 19.7. The Hall–Kier alpha value is -1.66. The molecule has 0 radical (unpaired) electrons. The third-order valence-electron chi connectivity index (χ3n) is 3.18. The van der Waals surface area contributed by atoms with E-state index in [2.05, 4.69) is 6.58 Å². The van der Waals surface area contributed by atoms with Gasteiger partial charge in [0.15, 0.2) is 0 Å². The summed E-state index contributed by atoms with van der Waals surface area (Å²) in [4.78, 5) is 11.3. The van der Waals surface area contributed by atoms with Crippen LogP contribution in [0.1, 0.15) is 17.0 Å². The third-order valence-corrected chi connectivity index (χ3v) is 4.91. The number of fused-ring (bicyclic) bond motifs is 1. The van der Waals surface area contributed by atoms with Gasteiger partial charge in [0.1, 0.15) is 0 Å². The van der Waals surface area contributed by atoms with Crippen LogP contribution in [0.3, 0.4) is 0 Å². The van der Waals surface area contributed by atoms with E-state index in [-0.39, 0.29) is 18.8 Å². The molecule has 0 fully saturated rings. The lowest BCUT2D eigenvalue weighted by Gasteiger charge is -2.31. The summed E-state index contributed by atoms with van der Waals surface area (Å²) in [6.07, 6.45) is 1.31. The molecule has 1 heterocycles. The molecule has 1 aromatic carbocycles. The molecule has 0 aromatic heterocycles. The molecule has 1 aliphatic heterocycles. The summed E-state index contributed by atoms with van der Waals surface area (Å²) >= 11 is 0. The molecule has 6 heteroatoms. The molecular formula is C13H15NO4S. The fourth-order valence-corrected chi connectivity index (χ4v) is 3.47. The Labute approximate surface area is 112 Å². The minimum absolute atomic E-state index is 0.0253. The number of hydrogen-bond donors (Lipinski definition) is 1. The van der Waals surface area contributed by atoms with Crippen molar-refractivity contribution in [1.82, 2.24) is 4.31 Å². The number of sulfonamides is 1. The summed E-state index contributed by atoms with van der Waals surface area (Å²) in [6, 6.07) is 7.05. The van der Waals surface area contributed by atoms with Crippen LogP contribution in [0, 0.1) is 0 Å². The first kappa shape index (κ1) is 13.8. The maximum absolute atomic E-state index is 12.0. The quantitative estimate of drug-likeness (QED) is 0.841. The van der Waals surface area contributed by atoms with Gasteiger partial charge in [-0.3, -0.25) is 4.79 Å². The summed E-state index contributed by atoms with van der Waals surface area (Å²) in [5.41, 5.74) is 1.44. The van der Waals surface area contributed by atoms with Crippen LogP contribution in [-0.4, -0.2) is 36.1 Å². The molecule has 1 aliphatic rings. The molecule has 0 aliphatic carbocycles. The number of carboxylic acids is 1. The van der Waals surface area contributed by atoms with E-state index in [4.69, 9.17) is 0 Å². The van der Waals surface area contributed by atoms with Crippen LogP contribution >= 0.6 is 0 Å². The fraction of sp³-hybridized carbons (Fsp3) is 0.308. The zero-order valence-electron chi connectivity index (χ0n) is 10.3. The molecule has 0 spiro atoms. The van der Waals surface area contributed by atoms with Gasteiger partial charge in [0.25, 0.3) is 0 Å². The molecular weight excluding hydrogens is 266 g/mol. The molecule has 1 unspecified atom stereocenters. The zero-order chi connectivity index (χ0) is 14.0. The lowest BCUT2D eigenvalue weighted by molar-refractivity contribution is -0.139. The van der Waals surface area contributed by atoms with E-state index in [1.807, 2.05) is 0 Å². The van der Waals surface area contributed by atoms with Crippen molar-refractivity contribution in [2.45, 2.75) is 12.5 Å². The average molecular weight is 281 g/mol. The molecule has 19 heavy (non-hydrogen) atoms. The topological polar surface area (TPSA) is 74.7 Å². The summed E-state index contributed by atoms with van der Waals surface area (Å²) in [6.45, 7) is 3.61. The number of rotatable bonds is 4. The first-order valence-corrected chi connectivity index (χ1v) is 7.46. The summed E-state index contributed by atoms with van der Waals surface area (Å²) in [7, 11) is -3.49. The Kier molecular flexibility index (Phi) is 3.73. The Morgan fingerprint density at radius 2 is 2.16 bits per heavy atom. The first-order valence-electron chi connectivity index (χ1n) is 5.85. The van der Waals surface area contributed by atoms with Crippen LogP contribution in [-0.2, 0) is 21.4 Å². The van der Waals surface area contributed by atoms with Gasteiger partial charge in [-0.2, -0.15) is 4.31 Å². The molecule has 0 saturated heterocycles. The molecule has 1 aromatic rings. The van der Waals surface area contributed by atoms with E-state index in [1.165, 1.54) is 10.4 Å². The zero-order valence-corrected chi connectivity index (χ0v) is 11.1. The highest BCUT2D eigenvalue weighted by Gasteiger charge is 2.34. The second-order valence-corrected chi connectivity index (χ2v) is 6.46. The summed E-state index contributed by atoms with van der Waals surface area (Å²) in [5, 5.41) is 9.26. The predicted octanol–water partition coefficient (Wildman–Crippen LogP) is 1.19. The number of carboxylic acid groups (broad SMARTS) is 1. The van der Waals surface area contributed by atoms with Gasteiger partial charge in [-0.1, -0.05) is 30.3 Å². The Morgan fingerprint density at radius 1 is 1.47 bits per heavy atom. The monoisotopic (exact) mass is 281 g/mol. The highest BCUT2D eigenvalue weighted by molar-refractivity contribution is 7.89. The SMILES string of the molecule is C=CCS(=O)(=O)N1Cc2ccccc2C(C(=O)O)C1. The second kappa shape index (κ2) is 5.14. The average Bonchev–Trinajstić information content (AvgIpc) is 2.37. The van der Waals surface area contributed by atoms with Gasteiger partial charge < -0.3 is 5.11 Å². The minimum atomic E-state index is -3.49. The second-order valence-electron chi connectivity index (χ2n) is 4.45. The Balaban J connectivity index is 2.41. The Bertz CT molecular complexity index is 609. The van der Waals surface area contributed by atoms with Crippen molar-refractivity contribution in [3.63, 3.8) is 0 Å². The van der Waals surface area contributed by atoms with Gasteiger partial charge in [0.2, 0.25) is 10.0 Å². The van der Waals surface area contributed by atoms with E-state index < -0.39 is 21.9 Å². The maximum atomic E-state index is 12.0. The van der Waals surface area contributed by atoms with Crippen LogP contribution in [0.25, 0.3) is 0 Å². The van der Waals surface area contributed by atoms with Crippen LogP contribution < -0.4 is 0 Å². The summed E-state index contributed by atoms with van der Waals surface area (Å²) < 4.78 is 25.3. The molecule has 2 rings (SSSR count). The number of aliphatic carboxylic acids is 1. The van der Waals surface area contributed by atoms with Crippen LogP contribution in [0.2, 0.25) is 0 Å². The lowest BCUT2D eigenvalue weighted by atomic mass is 9.91. The van der Waals surface area contributed by atoms with Gasteiger partial charge in [0.05, 0.1) is 11.7 Å².